The second kappa shape index (κ2) is 12.6. The molecular formula is C52H34N2O. The Morgan fingerprint density at radius 1 is 0.345 bits per heavy atom. The van der Waals surface area contributed by atoms with Crippen LogP contribution in [0.5, 0.6) is 0 Å². The van der Waals surface area contributed by atoms with Crippen molar-refractivity contribution in [3.8, 4) is 27.9 Å². The fraction of sp³-hybridized carbons (Fsp3) is 0. The molecule has 0 aliphatic carbocycles. The molecule has 9 aromatic carbocycles. The summed E-state index contributed by atoms with van der Waals surface area (Å²) in [5.74, 6) is 0. The monoisotopic (exact) mass is 702 g/mol. The molecule has 2 heterocycles. The molecular weight excluding hydrogens is 669 g/mol. The molecule has 3 nitrogen and oxygen atoms in total. The lowest BCUT2D eigenvalue weighted by Crippen LogP contribution is -2.10. The first-order chi connectivity index (χ1) is 27.3. The van der Waals surface area contributed by atoms with Crippen molar-refractivity contribution >= 4 is 71.6 Å². The van der Waals surface area contributed by atoms with Crippen molar-refractivity contribution < 1.29 is 4.42 Å². The quantitative estimate of drug-likeness (QED) is 0.172. The van der Waals surface area contributed by atoms with E-state index in [0.29, 0.717) is 0 Å². The van der Waals surface area contributed by atoms with Gasteiger partial charge >= 0.3 is 0 Å². The van der Waals surface area contributed by atoms with Gasteiger partial charge in [0.25, 0.3) is 0 Å². The summed E-state index contributed by atoms with van der Waals surface area (Å²) in [7, 11) is 0. The molecule has 55 heavy (non-hydrogen) atoms. The minimum Gasteiger partial charge on any atom is -0.455 e. The molecule has 0 aliphatic heterocycles. The first kappa shape index (κ1) is 31.2. The molecule has 0 radical (unpaired) electrons. The fourth-order valence-electron chi connectivity index (χ4n) is 8.36. The molecule has 0 bridgehead atoms. The van der Waals surface area contributed by atoms with Gasteiger partial charge in [-0.3, -0.25) is 0 Å². The van der Waals surface area contributed by atoms with Gasteiger partial charge in [0.05, 0.1) is 11.0 Å². The van der Waals surface area contributed by atoms with Gasteiger partial charge in [0.15, 0.2) is 0 Å². The molecule has 0 unspecified atom stereocenters. The number of benzene rings is 9. The molecule has 3 heteroatoms. The van der Waals surface area contributed by atoms with Gasteiger partial charge in [-0.1, -0.05) is 133 Å². The first-order valence-electron chi connectivity index (χ1n) is 18.8. The predicted molar refractivity (Wildman–Crippen MR) is 231 cm³/mol. The van der Waals surface area contributed by atoms with E-state index in [0.717, 1.165) is 55.6 Å². The van der Waals surface area contributed by atoms with Crippen molar-refractivity contribution in [2.75, 3.05) is 4.90 Å². The van der Waals surface area contributed by atoms with Crippen LogP contribution in [-0.4, -0.2) is 4.57 Å². The molecule has 0 spiro atoms. The summed E-state index contributed by atoms with van der Waals surface area (Å²) >= 11 is 0. The van der Waals surface area contributed by atoms with Crippen LogP contribution in [0.3, 0.4) is 0 Å². The molecule has 0 N–H and O–H groups in total. The van der Waals surface area contributed by atoms with E-state index in [2.05, 4.69) is 216 Å². The third-order valence-electron chi connectivity index (χ3n) is 11.0. The van der Waals surface area contributed by atoms with Crippen LogP contribution < -0.4 is 4.90 Å². The first-order valence-corrected chi connectivity index (χ1v) is 18.8. The normalized spacial score (nSPS) is 11.6. The highest BCUT2D eigenvalue weighted by Crippen LogP contribution is 2.42. The number of nitrogens with zero attached hydrogens (tertiary/aromatic N) is 2. The average Bonchev–Trinajstić information content (AvgIpc) is 3.80. The number of furan rings is 1. The lowest BCUT2D eigenvalue weighted by Gasteiger charge is -2.26. The fourth-order valence-corrected chi connectivity index (χ4v) is 8.36. The van der Waals surface area contributed by atoms with Gasteiger partial charge in [-0.25, -0.2) is 0 Å². The van der Waals surface area contributed by atoms with E-state index in [-0.39, 0.29) is 0 Å². The Hall–Kier alpha value is -7.36. The smallest absolute Gasteiger partial charge is 0.143 e. The number of rotatable bonds is 6. The van der Waals surface area contributed by atoms with Crippen molar-refractivity contribution in [1.82, 2.24) is 4.57 Å². The number of hydrogen-bond donors (Lipinski definition) is 0. The summed E-state index contributed by atoms with van der Waals surface area (Å²) in [6.07, 6.45) is 0. The van der Waals surface area contributed by atoms with Gasteiger partial charge in [0.2, 0.25) is 0 Å². The molecule has 0 aliphatic rings. The van der Waals surface area contributed by atoms with E-state index in [1.54, 1.807) is 0 Å². The molecule has 11 aromatic rings. The van der Waals surface area contributed by atoms with E-state index in [9.17, 15) is 0 Å². The minimum absolute atomic E-state index is 0.881. The van der Waals surface area contributed by atoms with Gasteiger partial charge < -0.3 is 13.9 Å². The molecule has 0 amide bonds. The number of hydrogen-bond acceptors (Lipinski definition) is 2. The lowest BCUT2D eigenvalue weighted by atomic mass is 10.0. The summed E-state index contributed by atoms with van der Waals surface area (Å²) < 4.78 is 8.89. The summed E-state index contributed by atoms with van der Waals surface area (Å²) in [6, 6.07) is 73.9. The predicted octanol–water partition coefficient (Wildman–Crippen LogP) is 14.6. The summed E-state index contributed by atoms with van der Waals surface area (Å²) in [5, 5.41) is 7.05. The summed E-state index contributed by atoms with van der Waals surface area (Å²) in [4.78, 5) is 2.35. The van der Waals surface area contributed by atoms with Crippen LogP contribution in [0.4, 0.5) is 17.1 Å². The zero-order valence-electron chi connectivity index (χ0n) is 29.9. The van der Waals surface area contributed by atoms with Crippen LogP contribution in [-0.2, 0) is 0 Å². The van der Waals surface area contributed by atoms with Gasteiger partial charge in [0, 0.05) is 49.7 Å². The van der Waals surface area contributed by atoms with Crippen LogP contribution in [0.1, 0.15) is 0 Å². The third-order valence-corrected chi connectivity index (χ3v) is 11.0. The third kappa shape index (κ3) is 5.20. The van der Waals surface area contributed by atoms with Crippen LogP contribution in [0.25, 0.3) is 82.5 Å². The van der Waals surface area contributed by atoms with Gasteiger partial charge in [-0.15, -0.1) is 0 Å². The summed E-state index contributed by atoms with van der Waals surface area (Å²) in [6.45, 7) is 0. The molecule has 2 aromatic heterocycles. The molecule has 0 fully saturated rings. The van der Waals surface area contributed by atoms with Gasteiger partial charge in [0.1, 0.15) is 11.2 Å². The van der Waals surface area contributed by atoms with Crippen molar-refractivity contribution in [3.63, 3.8) is 0 Å². The van der Waals surface area contributed by atoms with Crippen LogP contribution in [0, 0.1) is 0 Å². The highest BCUT2D eigenvalue weighted by molar-refractivity contribution is 6.15. The molecule has 0 saturated carbocycles. The van der Waals surface area contributed by atoms with Crippen molar-refractivity contribution in [3.05, 3.63) is 206 Å². The zero-order valence-corrected chi connectivity index (χ0v) is 29.9. The van der Waals surface area contributed by atoms with Crippen molar-refractivity contribution in [2.24, 2.45) is 0 Å². The lowest BCUT2D eigenvalue weighted by molar-refractivity contribution is 0.672. The Morgan fingerprint density at radius 3 is 1.73 bits per heavy atom. The molecule has 11 rings (SSSR count). The standard InChI is InChI=1S/C52H34N2O/c1-2-12-35(13-3-1)38-15-10-17-41(32-38)53(43-29-31-51-48(34-43)47-30-26-37-14-4-5-19-44(37)52(47)55-51)40-27-24-36(25-28-40)39-16-11-18-42(33-39)54-49-22-8-6-20-45(49)46-21-7-9-23-50(46)54/h1-34H. The van der Waals surface area contributed by atoms with E-state index in [4.69, 9.17) is 4.42 Å². The number of aromatic nitrogens is 1. The maximum Gasteiger partial charge on any atom is 0.143 e. The van der Waals surface area contributed by atoms with Gasteiger partial charge in [-0.05, 0) is 100 Å². The van der Waals surface area contributed by atoms with Crippen LogP contribution >= 0.6 is 0 Å². The maximum atomic E-state index is 6.52. The van der Waals surface area contributed by atoms with Crippen molar-refractivity contribution in [2.45, 2.75) is 0 Å². The zero-order chi connectivity index (χ0) is 36.3. The van der Waals surface area contributed by atoms with E-state index >= 15 is 0 Å². The number of anilines is 3. The van der Waals surface area contributed by atoms with Crippen LogP contribution in [0.2, 0.25) is 0 Å². The second-order valence-electron chi connectivity index (χ2n) is 14.2. The Bertz CT molecular complexity index is 3150. The van der Waals surface area contributed by atoms with E-state index < -0.39 is 0 Å². The van der Waals surface area contributed by atoms with Crippen LogP contribution in [0.15, 0.2) is 211 Å². The Morgan fingerprint density at radius 2 is 0.945 bits per heavy atom. The number of para-hydroxylation sites is 2. The van der Waals surface area contributed by atoms with Gasteiger partial charge in [-0.2, -0.15) is 0 Å². The second-order valence-corrected chi connectivity index (χ2v) is 14.2. The summed E-state index contributed by atoms with van der Waals surface area (Å²) in [5.41, 5.74) is 13.3. The average molecular weight is 703 g/mol. The molecule has 0 saturated heterocycles. The van der Waals surface area contributed by atoms with Crippen molar-refractivity contribution in [1.29, 1.82) is 0 Å². The Balaban J connectivity index is 1.03. The van der Waals surface area contributed by atoms with E-state index in [1.807, 2.05) is 0 Å². The molecule has 258 valence electrons. The van der Waals surface area contributed by atoms with E-state index in [1.165, 1.54) is 43.9 Å². The Labute approximate surface area is 318 Å². The minimum atomic E-state index is 0.881. The Kier molecular flexibility index (Phi) is 7.17. The maximum absolute atomic E-state index is 6.52. The SMILES string of the molecule is c1ccc(-c2cccc(N(c3ccc(-c4cccc(-n5c6ccccc6c6ccccc65)c4)cc3)c3ccc4oc5c6ccccc6ccc5c4c3)c2)cc1. The number of fused-ring (bicyclic) bond motifs is 8. The highest BCUT2D eigenvalue weighted by atomic mass is 16.3. The largest absolute Gasteiger partial charge is 0.455 e. The highest BCUT2D eigenvalue weighted by Gasteiger charge is 2.18. The molecule has 0 atom stereocenters. The topological polar surface area (TPSA) is 21.3 Å².